The summed E-state index contributed by atoms with van der Waals surface area (Å²) in [6, 6.07) is 12.9. The van der Waals surface area contributed by atoms with Crippen molar-refractivity contribution in [2.75, 3.05) is 6.61 Å². The van der Waals surface area contributed by atoms with Crippen LogP contribution in [0.1, 0.15) is 50.2 Å². The number of pyridine rings is 1. The first-order valence-electron chi connectivity index (χ1n) is 8.51. The summed E-state index contributed by atoms with van der Waals surface area (Å²) in [7, 11) is 0. The lowest BCUT2D eigenvalue weighted by atomic mass is 9.82. The van der Waals surface area contributed by atoms with Crippen molar-refractivity contribution >= 4 is 22.5 Å². The Morgan fingerprint density at radius 1 is 1.19 bits per heavy atom. The van der Waals surface area contributed by atoms with Crippen LogP contribution in [0.25, 0.3) is 10.8 Å². The molecule has 0 spiro atoms. The molecule has 5 heteroatoms. The third-order valence-electron chi connectivity index (χ3n) is 4.79. The van der Waals surface area contributed by atoms with Crippen molar-refractivity contribution in [3.63, 3.8) is 0 Å². The summed E-state index contributed by atoms with van der Waals surface area (Å²) < 4.78 is 5.66. The van der Waals surface area contributed by atoms with E-state index in [0.29, 0.717) is 38.7 Å². The zero-order chi connectivity index (χ0) is 18.4. The molecular formula is C21H17NO4. The molecule has 0 fully saturated rings. The van der Waals surface area contributed by atoms with Crippen molar-refractivity contribution in [2.24, 2.45) is 0 Å². The highest BCUT2D eigenvalue weighted by Gasteiger charge is 2.32. The molecule has 1 aliphatic rings. The number of aryl methyl sites for hydroxylation is 1. The summed E-state index contributed by atoms with van der Waals surface area (Å²) in [4.78, 5) is 25.7. The Morgan fingerprint density at radius 2 is 1.96 bits per heavy atom. The Morgan fingerprint density at radius 3 is 2.73 bits per heavy atom. The Bertz CT molecular complexity index is 1090. The molecule has 4 rings (SSSR count). The summed E-state index contributed by atoms with van der Waals surface area (Å²) in [6.07, 6.45) is 0.586. The highest BCUT2D eigenvalue weighted by Crippen LogP contribution is 2.33. The SMILES string of the molecule is CCOC(=O)c1c2c3c(ccc2cc(C)[n+]1[O-])Cc1ccccc1C3=O. The van der Waals surface area contributed by atoms with Gasteiger partial charge in [0.1, 0.15) is 0 Å². The molecule has 5 nitrogen and oxygen atoms in total. The third-order valence-corrected chi connectivity index (χ3v) is 4.79. The average Bonchev–Trinajstić information content (AvgIpc) is 2.63. The number of fused-ring (bicyclic) bond motifs is 4. The fraction of sp³-hybridized carbons (Fsp3) is 0.190. The summed E-state index contributed by atoms with van der Waals surface area (Å²) in [5.74, 6) is -0.877. The number of ether oxygens (including phenoxy) is 1. The Kier molecular flexibility index (Phi) is 3.72. The monoisotopic (exact) mass is 347 g/mol. The van der Waals surface area contributed by atoms with Crippen LogP contribution >= 0.6 is 0 Å². The van der Waals surface area contributed by atoms with Crippen molar-refractivity contribution < 1.29 is 19.1 Å². The van der Waals surface area contributed by atoms with Crippen molar-refractivity contribution in [3.05, 3.63) is 81.3 Å². The Labute approximate surface area is 150 Å². The molecule has 0 unspecified atom stereocenters. The number of aromatic nitrogens is 1. The van der Waals surface area contributed by atoms with Gasteiger partial charge in [0.2, 0.25) is 0 Å². The molecule has 3 aromatic rings. The van der Waals surface area contributed by atoms with Crippen LogP contribution in [0.3, 0.4) is 0 Å². The largest absolute Gasteiger partial charge is 0.618 e. The molecule has 0 amide bonds. The van der Waals surface area contributed by atoms with E-state index in [1.165, 1.54) is 0 Å². The van der Waals surface area contributed by atoms with Crippen molar-refractivity contribution in [1.29, 1.82) is 0 Å². The van der Waals surface area contributed by atoms with E-state index in [2.05, 4.69) is 0 Å². The maximum absolute atomic E-state index is 13.2. The number of nitrogens with zero attached hydrogens (tertiary/aromatic N) is 1. The topological polar surface area (TPSA) is 70.3 Å². The van der Waals surface area contributed by atoms with Gasteiger partial charge in [-0.25, -0.2) is 4.79 Å². The van der Waals surface area contributed by atoms with Gasteiger partial charge in [-0.15, -0.1) is 0 Å². The lowest BCUT2D eigenvalue weighted by Crippen LogP contribution is -2.39. The number of rotatable bonds is 2. The molecule has 0 saturated carbocycles. The van der Waals surface area contributed by atoms with E-state index < -0.39 is 5.97 Å². The minimum atomic E-state index is -0.712. The molecule has 0 bridgehead atoms. The third kappa shape index (κ3) is 2.28. The highest BCUT2D eigenvalue weighted by molar-refractivity contribution is 6.21. The van der Waals surface area contributed by atoms with E-state index in [9.17, 15) is 14.8 Å². The van der Waals surface area contributed by atoms with Crippen LogP contribution in [-0.2, 0) is 11.2 Å². The molecule has 1 aromatic heterocycles. The van der Waals surface area contributed by atoms with E-state index in [0.717, 1.165) is 11.1 Å². The van der Waals surface area contributed by atoms with Gasteiger partial charge in [-0.1, -0.05) is 36.4 Å². The first kappa shape index (κ1) is 16.3. The molecule has 1 heterocycles. The molecule has 0 atom stereocenters. The van der Waals surface area contributed by atoms with Gasteiger partial charge in [-0.2, -0.15) is 4.73 Å². The van der Waals surface area contributed by atoms with Crippen molar-refractivity contribution in [1.82, 2.24) is 0 Å². The van der Waals surface area contributed by atoms with E-state index in [1.54, 1.807) is 26.0 Å². The molecule has 0 N–H and O–H groups in total. The van der Waals surface area contributed by atoms with E-state index in [4.69, 9.17) is 4.74 Å². The highest BCUT2D eigenvalue weighted by atomic mass is 16.5. The van der Waals surface area contributed by atoms with Gasteiger partial charge >= 0.3 is 11.7 Å². The molecule has 2 aromatic carbocycles. The lowest BCUT2D eigenvalue weighted by Gasteiger charge is -2.21. The Hall–Kier alpha value is -3.21. The van der Waals surface area contributed by atoms with Crippen LogP contribution in [0, 0.1) is 12.1 Å². The normalized spacial score (nSPS) is 12.6. The zero-order valence-corrected chi connectivity index (χ0v) is 14.5. The van der Waals surface area contributed by atoms with Crippen LogP contribution in [0.4, 0.5) is 0 Å². The fourth-order valence-electron chi connectivity index (χ4n) is 3.63. The maximum Gasteiger partial charge on any atom is 0.405 e. The lowest BCUT2D eigenvalue weighted by molar-refractivity contribution is -0.613. The molecule has 0 radical (unpaired) electrons. The van der Waals surface area contributed by atoms with Gasteiger partial charge < -0.3 is 9.94 Å². The smallest absolute Gasteiger partial charge is 0.405 e. The van der Waals surface area contributed by atoms with E-state index in [1.807, 2.05) is 30.3 Å². The second-order valence-corrected chi connectivity index (χ2v) is 6.38. The van der Waals surface area contributed by atoms with Crippen molar-refractivity contribution in [3.8, 4) is 0 Å². The number of hydrogen-bond donors (Lipinski definition) is 0. The van der Waals surface area contributed by atoms with Crippen LogP contribution in [0.5, 0.6) is 0 Å². The van der Waals surface area contributed by atoms with Gasteiger partial charge in [0, 0.05) is 24.1 Å². The van der Waals surface area contributed by atoms with Gasteiger partial charge in [0.25, 0.3) is 0 Å². The summed E-state index contributed by atoms with van der Waals surface area (Å²) >= 11 is 0. The number of ketones is 1. The Balaban J connectivity index is 2.09. The molecule has 130 valence electrons. The van der Waals surface area contributed by atoms with Crippen LogP contribution in [0.2, 0.25) is 0 Å². The first-order valence-corrected chi connectivity index (χ1v) is 8.51. The second-order valence-electron chi connectivity index (χ2n) is 6.38. The number of esters is 1. The fourth-order valence-corrected chi connectivity index (χ4v) is 3.63. The molecule has 0 aliphatic heterocycles. The van der Waals surface area contributed by atoms with E-state index >= 15 is 0 Å². The number of benzene rings is 2. The van der Waals surface area contributed by atoms with Crippen LogP contribution in [-0.4, -0.2) is 18.4 Å². The minimum Gasteiger partial charge on any atom is -0.618 e. The summed E-state index contributed by atoms with van der Waals surface area (Å²) in [5.41, 5.74) is 3.06. The molecular weight excluding hydrogens is 330 g/mol. The first-order chi connectivity index (χ1) is 12.5. The second kappa shape index (κ2) is 5.95. The minimum absolute atomic E-state index is 0.119. The van der Waals surface area contributed by atoms with Gasteiger partial charge in [-0.05, 0) is 29.9 Å². The zero-order valence-electron chi connectivity index (χ0n) is 14.5. The summed E-state index contributed by atoms with van der Waals surface area (Å²) in [5, 5.41) is 13.7. The predicted molar refractivity (Wildman–Crippen MR) is 96.3 cm³/mol. The van der Waals surface area contributed by atoms with Gasteiger partial charge in [-0.3, -0.25) is 4.79 Å². The molecule has 1 aliphatic carbocycles. The quantitative estimate of drug-likeness (QED) is 0.317. The number of carbonyl (C=O) groups is 2. The molecule has 0 saturated heterocycles. The standard InChI is InChI=1S/C21H17NO4/c1-3-26-21(24)19-17-14(10-12(2)22(19)25)8-9-15-11-13-6-4-5-7-16(13)20(23)18(15)17/h4-10H,3,11H2,1-2H3. The maximum atomic E-state index is 13.2. The summed E-state index contributed by atoms with van der Waals surface area (Å²) in [6.45, 7) is 3.47. The van der Waals surface area contributed by atoms with E-state index in [-0.39, 0.29) is 18.1 Å². The van der Waals surface area contributed by atoms with Gasteiger partial charge in [0.15, 0.2) is 11.5 Å². The van der Waals surface area contributed by atoms with Crippen LogP contribution < -0.4 is 4.73 Å². The van der Waals surface area contributed by atoms with Crippen LogP contribution in [0.15, 0.2) is 42.5 Å². The average molecular weight is 347 g/mol. The predicted octanol–water partition coefficient (Wildman–Crippen LogP) is 3.09. The number of hydrogen-bond acceptors (Lipinski definition) is 4. The van der Waals surface area contributed by atoms with Crippen molar-refractivity contribution in [2.45, 2.75) is 20.3 Å². The van der Waals surface area contributed by atoms with Gasteiger partial charge in [0.05, 0.1) is 12.0 Å². The molecule has 26 heavy (non-hydrogen) atoms. The number of carbonyl (C=O) groups excluding carboxylic acids is 2.